The third kappa shape index (κ3) is 3.47. The van der Waals surface area contributed by atoms with Crippen molar-refractivity contribution in [2.75, 3.05) is 14.2 Å². The molecule has 0 aliphatic carbocycles. The summed E-state index contributed by atoms with van der Waals surface area (Å²) in [5.74, 6) is 1.41. The molecule has 0 aromatic heterocycles. The highest BCUT2D eigenvalue weighted by Gasteiger charge is 2.17. The minimum absolute atomic E-state index is 0.00734. The molecule has 21 heavy (non-hydrogen) atoms. The molecule has 0 saturated heterocycles. The number of hydrogen-bond acceptors (Lipinski definition) is 2. The summed E-state index contributed by atoms with van der Waals surface area (Å²) in [5.41, 5.74) is 3.21. The van der Waals surface area contributed by atoms with Crippen molar-refractivity contribution in [1.29, 1.82) is 0 Å². The Kier molecular flexibility index (Phi) is 5.42. The van der Waals surface area contributed by atoms with Crippen LogP contribution < -0.4 is 9.47 Å². The average molecular weight is 390 g/mol. The Morgan fingerprint density at radius 3 is 2.14 bits per heavy atom. The molecule has 0 bridgehead atoms. The lowest BCUT2D eigenvalue weighted by molar-refractivity contribution is 0.354. The number of benzene rings is 2. The van der Waals surface area contributed by atoms with E-state index in [0.717, 1.165) is 16.7 Å². The van der Waals surface area contributed by atoms with Crippen molar-refractivity contribution in [2.24, 2.45) is 0 Å². The maximum atomic E-state index is 6.09. The van der Waals surface area contributed by atoms with Crippen molar-refractivity contribution in [2.45, 2.75) is 11.8 Å². The highest BCUT2D eigenvalue weighted by Crippen LogP contribution is 2.40. The molecule has 0 N–H and O–H groups in total. The van der Waals surface area contributed by atoms with Crippen LogP contribution in [0.3, 0.4) is 0 Å². The molecule has 0 spiro atoms. The Bertz CT molecular complexity index is 659. The van der Waals surface area contributed by atoms with Crippen molar-refractivity contribution < 1.29 is 9.47 Å². The van der Waals surface area contributed by atoms with Gasteiger partial charge in [0.05, 0.1) is 29.1 Å². The molecule has 0 aliphatic heterocycles. The van der Waals surface area contributed by atoms with E-state index in [2.05, 4.69) is 15.9 Å². The lowest BCUT2D eigenvalue weighted by Crippen LogP contribution is -1.99. The van der Waals surface area contributed by atoms with E-state index < -0.39 is 0 Å². The van der Waals surface area contributed by atoms with Gasteiger partial charge in [0.25, 0.3) is 0 Å². The summed E-state index contributed by atoms with van der Waals surface area (Å²) in [6.07, 6.45) is 0. The lowest BCUT2D eigenvalue weighted by Gasteiger charge is -2.17. The molecule has 2 rings (SSSR count). The fraction of sp³-hybridized carbons (Fsp3) is 0.250. The zero-order valence-electron chi connectivity index (χ0n) is 11.9. The van der Waals surface area contributed by atoms with E-state index in [1.165, 1.54) is 0 Å². The van der Waals surface area contributed by atoms with Crippen LogP contribution in [0.1, 0.15) is 21.5 Å². The van der Waals surface area contributed by atoms with Crippen LogP contribution in [0.2, 0.25) is 10.0 Å². The van der Waals surface area contributed by atoms with E-state index in [1.807, 2.05) is 31.2 Å². The molecular weight excluding hydrogens is 375 g/mol. The minimum Gasteiger partial charge on any atom is -0.493 e. The number of alkyl halides is 1. The normalized spacial score (nSPS) is 12.1. The van der Waals surface area contributed by atoms with Gasteiger partial charge in [-0.2, -0.15) is 0 Å². The summed E-state index contributed by atoms with van der Waals surface area (Å²) in [6.45, 7) is 2.03. The molecule has 2 aromatic rings. The SMILES string of the molecule is COc1cc(C)c(C(Br)c2ccc(Cl)c(Cl)c2)cc1OC. The molecule has 1 unspecified atom stereocenters. The fourth-order valence-corrected chi connectivity index (χ4v) is 3.20. The van der Waals surface area contributed by atoms with Crippen LogP contribution in [0.25, 0.3) is 0 Å². The lowest BCUT2D eigenvalue weighted by atomic mass is 9.99. The van der Waals surface area contributed by atoms with Gasteiger partial charge in [-0.05, 0) is 47.9 Å². The van der Waals surface area contributed by atoms with Gasteiger partial charge in [0.15, 0.2) is 11.5 Å². The Hall–Kier alpha value is -0.900. The summed E-state index contributed by atoms with van der Waals surface area (Å²) in [4.78, 5) is -0.00734. The summed E-state index contributed by atoms with van der Waals surface area (Å²) in [6, 6.07) is 9.53. The van der Waals surface area contributed by atoms with Crippen LogP contribution in [-0.4, -0.2) is 14.2 Å². The first-order valence-corrected chi connectivity index (χ1v) is 7.96. The largest absolute Gasteiger partial charge is 0.493 e. The Balaban J connectivity index is 2.47. The molecule has 5 heteroatoms. The Labute approximate surface area is 143 Å². The van der Waals surface area contributed by atoms with Gasteiger partial charge in [-0.1, -0.05) is 45.2 Å². The van der Waals surface area contributed by atoms with Crippen LogP contribution in [0.5, 0.6) is 11.5 Å². The maximum Gasteiger partial charge on any atom is 0.161 e. The fourth-order valence-electron chi connectivity index (χ4n) is 2.12. The van der Waals surface area contributed by atoms with Crippen LogP contribution in [0, 0.1) is 6.92 Å². The third-order valence-electron chi connectivity index (χ3n) is 3.28. The van der Waals surface area contributed by atoms with E-state index in [9.17, 15) is 0 Å². The molecule has 0 saturated carbocycles. The van der Waals surface area contributed by atoms with Crippen LogP contribution in [-0.2, 0) is 0 Å². The summed E-state index contributed by atoms with van der Waals surface area (Å²) in [5, 5.41) is 1.08. The monoisotopic (exact) mass is 388 g/mol. The maximum absolute atomic E-state index is 6.09. The van der Waals surface area contributed by atoms with E-state index in [4.69, 9.17) is 32.7 Å². The van der Waals surface area contributed by atoms with Crippen molar-refractivity contribution in [3.05, 3.63) is 57.1 Å². The second-order valence-electron chi connectivity index (χ2n) is 4.60. The van der Waals surface area contributed by atoms with Crippen molar-refractivity contribution in [3.8, 4) is 11.5 Å². The number of hydrogen-bond donors (Lipinski definition) is 0. The minimum atomic E-state index is -0.00734. The highest BCUT2D eigenvalue weighted by molar-refractivity contribution is 9.09. The van der Waals surface area contributed by atoms with Crippen molar-refractivity contribution in [3.63, 3.8) is 0 Å². The van der Waals surface area contributed by atoms with E-state index >= 15 is 0 Å². The molecular formula is C16H15BrCl2O2. The quantitative estimate of drug-likeness (QED) is 0.615. The topological polar surface area (TPSA) is 18.5 Å². The van der Waals surface area contributed by atoms with Gasteiger partial charge in [0, 0.05) is 0 Å². The van der Waals surface area contributed by atoms with Crippen LogP contribution in [0.15, 0.2) is 30.3 Å². The van der Waals surface area contributed by atoms with Gasteiger partial charge in [0.2, 0.25) is 0 Å². The summed E-state index contributed by atoms with van der Waals surface area (Å²) < 4.78 is 10.7. The van der Waals surface area contributed by atoms with Crippen molar-refractivity contribution >= 4 is 39.1 Å². The molecule has 2 nitrogen and oxygen atoms in total. The van der Waals surface area contributed by atoms with Crippen LogP contribution in [0.4, 0.5) is 0 Å². The summed E-state index contributed by atoms with van der Waals surface area (Å²) >= 11 is 15.8. The van der Waals surface area contributed by atoms with Gasteiger partial charge in [-0.15, -0.1) is 0 Å². The average Bonchev–Trinajstić information content (AvgIpc) is 2.49. The van der Waals surface area contributed by atoms with Crippen LogP contribution >= 0.6 is 39.1 Å². The highest BCUT2D eigenvalue weighted by atomic mass is 79.9. The molecule has 112 valence electrons. The van der Waals surface area contributed by atoms with Gasteiger partial charge in [-0.3, -0.25) is 0 Å². The number of aryl methyl sites for hydroxylation is 1. The summed E-state index contributed by atoms with van der Waals surface area (Å²) in [7, 11) is 3.25. The molecule has 1 atom stereocenters. The number of halogens is 3. The van der Waals surface area contributed by atoms with E-state index in [-0.39, 0.29) is 4.83 Å². The zero-order chi connectivity index (χ0) is 15.6. The number of rotatable bonds is 4. The second kappa shape index (κ2) is 6.91. The molecule has 0 fully saturated rings. The molecule has 2 aromatic carbocycles. The first-order valence-electron chi connectivity index (χ1n) is 6.29. The Morgan fingerprint density at radius 2 is 1.57 bits per heavy atom. The number of methoxy groups -OCH3 is 2. The molecule has 0 aliphatic rings. The smallest absolute Gasteiger partial charge is 0.161 e. The van der Waals surface area contributed by atoms with Gasteiger partial charge in [0.1, 0.15) is 0 Å². The predicted molar refractivity (Wildman–Crippen MR) is 91.5 cm³/mol. The van der Waals surface area contributed by atoms with Gasteiger partial charge < -0.3 is 9.47 Å². The third-order valence-corrected chi connectivity index (χ3v) is 5.04. The van der Waals surface area contributed by atoms with Crippen molar-refractivity contribution in [1.82, 2.24) is 0 Å². The predicted octanol–water partition coefficient (Wildman–Crippen LogP) is 5.80. The first-order chi connectivity index (χ1) is 9.97. The zero-order valence-corrected chi connectivity index (χ0v) is 15.0. The first kappa shape index (κ1) is 16.5. The standard InChI is InChI=1S/C16H15BrCl2O2/c1-9-6-14(20-2)15(21-3)8-11(9)16(17)10-4-5-12(18)13(19)7-10/h4-8,16H,1-3H3. The second-order valence-corrected chi connectivity index (χ2v) is 6.33. The Morgan fingerprint density at radius 1 is 0.952 bits per heavy atom. The molecule has 0 amide bonds. The molecule has 0 radical (unpaired) electrons. The van der Waals surface area contributed by atoms with Gasteiger partial charge in [-0.25, -0.2) is 0 Å². The molecule has 0 heterocycles. The van der Waals surface area contributed by atoms with Gasteiger partial charge >= 0.3 is 0 Å². The number of ether oxygens (including phenoxy) is 2. The van der Waals surface area contributed by atoms with E-state index in [0.29, 0.717) is 21.5 Å². The van der Waals surface area contributed by atoms with E-state index in [1.54, 1.807) is 20.3 Å².